The molecule has 0 saturated carbocycles. The van der Waals surface area contributed by atoms with Gasteiger partial charge in [0.15, 0.2) is 0 Å². The number of hydrogen-bond donors (Lipinski definition) is 3. The van der Waals surface area contributed by atoms with Crippen molar-refractivity contribution in [2.24, 2.45) is 21.7 Å². The molecule has 8 heteroatoms. The van der Waals surface area contributed by atoms with E-state index in [9.17, 15) is 0 Å². The molecule has 5 N–H and O–H groups in total. The van der Waals surface area contributed by atoms with Crippen molar-refractivity contribution in [1.29, 1.82) is 0 Å². The van der Waals surface area contributed by atoms with Gasteiger partial charge < -0.3 is 16.6 Å². The second-order valence-corrected chi connectivity index (χ2v) is 4.20. The molecule has 0 amide bonds. The minimum Gasteiger partial charge on any atom is -0.481 e. The number of hydrogen-bond acceptors (Lipinski definition) is 3. The summed E-state index contributed by atoms with van der Waals surface area (Å²) in [6, 6.07) is 5.08. The van der Waals surface area contributed by atoms with Gasteiger partial charge in [-0.25, -0.2) is 0 Å². The van der Waals surface area contributed by atoms with Crippen LogP contribution in [0.25, 0.3) is 0 Å². The predicted octanol–water partition coefficient (Wildman–Crippen LogP) is 2.08. The van der Waals surface area contributed by atoms with E-state index < -0.39 is 5.97 Å². The number of carboxylic acid groups (broad SMARTS) is 1. The van der Waals surface area contributed by atoms with Crippen molar-refractivity contribution < 1.29 is 9.90 Å². The molecular formula is C11H14Cl2N4O2. The van der Waals surface area contributed by atoms with E-state index in [1.807, 2.05) is 0 Å². The van der Waals surface area contributed by atoms with E-state index >= 15 is 0 Å². The number of carbonyl (C=O) groups is 1. The molecule has 1 rings (SSSR count). The zero-order valence-electron chi connectivity index (χ0n) is 10.4. The van der Waals surface area contributed by atoms with Crippen molar-refractivity contribution in [2.75, 3.05) is 0 Å². The third-order valence-electron chi connectivity index (χ3n) is 1.63. The van der Waals surface area contributed by atoms with Crippen molar-refractivity contribution in [3.8, 4) is 0 Å². The molecule has 19 heavy (non-hydrogen) atoms. The van der Waals surface area contributed by atoms with Crippen LogP contribution in [0.5, 0.6) is 0 Å². The summed E-state index contributed by atoms with van der Waals surface area (Å²) in [5, 5.41) is 15.9. The summed E-state index contributed by atoms with van der Waals surface area (Å²) < 4.78 is 0. The Hall–Kier alpha value is -1.79. The number of rotatable bonds is 2. The maximum Gasteiger partial charge on any atom is 0.300 e. The number of carboxylic acids is 1. The van der Waals surface area contributed by atoms with E-state index in [-0.39, 0.29) is 5.96 Å². The van der Waals surface area contributed by atoms with Crippen LogP contribution in [0.15, 0.2) is 28.4 Å². The number of nitrogens with two attached hydrogens (primary N) is 2. The standard InChI is InChI=1S/C9H10Cl2N4.C2H4O2/c1-5(14-15-9(12)13)7-4-6(10)2-3-8(7)11;1-2(3)4/h2-4H,1H3,(H4,12,13,15);1H3,(H,3,4)/b14-5+;. The van der Waals surface area contributed by atoms with Gasteiger partial charge in [-0.2, -0.15) is 5.10 Å². The Bertz CT molecular complexity index is 507. The van der Waals surface area contributed by atoms with Crippen molar-refractivity contribution in [1.82, 2.24) is 0 Å². The molecule has 0 saturated heterocycles. The van der Waals surface area contributed by atoms with Gasteiger partial charge in [-0.05, 0) is 25.1 Å². The first-order chi connectivity index (χ1) is 8.73. The van der Waals surface area contributed by atoms with Gasteiger partial charge in [-0.3, -0.25) is 4.79 Å². The molecule has 1 aromatic carbocycles. The maximum absolute atomic E-state index is 9.00. The van der Waals surface area contributed by atoms with Crippen LogP contribution in [0.2, 0.25) is 10.0 Å². The number of halogens is 2. The van der Waals surface area contributed by atoms with Gasteiger partial charge in [0.05, 0.1) is 5.71 Å². The lowest BCUT2D eigenvalue weighted by Crippen LogP contribution is -2.22. The summed E-state index contributed by atoms with van der Waals surface area (Å²) in [4.78, 5) is 9.00. The van der Waals surface area contributed by atoms with E-state index in [2.05, 4.69) is 10.2 Å². The van der Waals surface area contributed by atoms with E-state index in [1.165, 1.54) is 0 Å². The zero-order chi connectivity index (χ0) is 15.0. The normalized spacial score (nSPS) is 10.2. The predicted molar refractivity (Wildman–Crippen MR) is 77.8 cm³/mol. The molecule has 0 heterocycles. The first-order valence-electron chi connectivity index (χ1n) is 5.02. The van der Waals surface area contributed by atoms with Crippen LogP contribution in [0.3, 0.4) is 0 Å². The largest absolute Gasteiger partial charge is 0.481 e. The highest BCUT2D eigenvalue weighted by molar-refractivity contribution is 6.36. The van der Waals surface area contributed by atoms with Crippen LogP contribution in [-0.2, 0) is 4.79 Å². The van der Waals surface area contributed by atoms with Gasteiger partial charge >= 0.3 is 0 Å². The van der Waals surface area contributed by atoms with Crippen LogP contribution in [0.1, 0.15) is 19.4 Å². The lowest BCUT2D eigenvalue weighted by atomic mass is 10.1. The highest BCUT2D eigenvalue weighted by Crippen LogP contribution is 2.21. The summed E-state index contributed by atoms with van der Waals surface area (Å²) in [5.41, 5.74) is 11.6. The summed E-state index contributed by atoms with van der Waals surface area (Å²) >= 11 is 11.8. The maximum atomic E-state index is 9.00. The number of guanidine groups is 1. The summed E-state index contributed by atoms with van der Waals surface area (Å²) in [7, 11) is 0. The van der Waals surface area contributed by atoms with Crippen LogP contribution >= 0.6 is 23.2 Å². The van der Waals surface area contributed by atoms with Crippen molar-refractivity contribution in [3.63, 3.8) is 0 Å². The van der Waals surface area contributed by atoms with E-state index in [0.717, 1.165) is 6.92 Å². The smallest absolute Gasteiger partial charge is 0.300 e. The Morgan fingerprint density at radius 1 is 1.21 bits per heavy atom. The van der Waals surface area contributed by atoms with Gasteiger partial charge in [0, 0.05) is 22.5 Å². The molecule has 0 aliphatic carbocycles. The summed E-state index contributed by atoms with van der Waals surface area (Å²) in [6.07, 6.45) is 0. The second-order valence-electron chi connectivity index (χ2n) is 3.35. The molecule has 0 radical (unpaired) electrons. The molecular weight excluding hydrogens is 291 g/mol. The number of nitrogens with zero attached hydrogens (tertiary/aromatic N) is 2. The molecule has 104 valence electrons. The lowest BCUT2D eigenvalue weighted by molar-refractivity contribution is -0.134. The fourth-order valence-corrected chi connectivity index (χ4v) is 1.39. The quantitative estimate of drug-likeness (QED) is 0.441. The van der Waals surface area contributed by atoms with Crippen molar-refractivity contribution in [3.05, 3.63) is 33.8 Å². The molecule has 0 aliphatic rings. The number of benzene rings is 1. The second kappa shape index (κ2) is 8.34. The average Bonchev–Trinajstić information content (AvgIpc) is 2.28. The summed E-state index contributed by atoms with van der Waals surface area (Å²) in [5.74, 6) is -0.937. The molecule has 0 unspecified atom stereocenters. The van der Waals surface area contributed by atoms with E-state index in [0.29, 0.717) is 21.3 Å². The fraction of sp³-hybridized carbons (Fsp3) is 0.182. The fourth-order valence-electron chi connectivity index (χ4n) is 0.961. The first-order valence-corrected chi connectivity index (χ1v) is 5.77. The lowest BCUT2D eigenvalue weighted by Gasteiger charge is -2.02. The molecule has 0 atom stereocenters. The summed E-state index contributed by atoms with van der Waals surface area (Å²) in [6.45, 7) is 2.82. The molecule has 1 aromatic rings. The van der Waals surface area contributed by atoms with Crippen LogP contribution in [-0.4, -0.2) is 22.7 Å². The molecule has 0 bridgehead atoms. The Labute approximate surface area is 120 Å². The van der Waals surface area contributed by atoms with Crippen molar-refractivity contribution in [2.45, 2.75) is 13.8 Å². The van der Waals surface area contributed by atoms with Gasteiger partial charge in [0.1, 0.15) is 0 Å². The SMILES string of the molecule is C/C(=N\N=C(N)N)c1cc(Cl)ccc1Cl.CC(=O)O. The van der Waals surface area contributed by atoms with Gasteiger partial charge in [0.25, 0.3) is 5.97 Å². The number of aliphatic carboxylic acids is 1. The first kappa shape index (κ1) is 17.2. The van der Waals surface area contributed by atoms with Gasteiger partial charge in [-0.15, -0.1) is 5.10 Å². The minimum absolute atomic E-state index is 0.104. The third kappa shape index (κ3) is 8.01. The van der Waals surface area contributed by atoms with Gasteiger partial charge in [0.2, 0.25) is 5.96 Å². The van der Waals surface area contributed by atoms with E-state index in [1.54, 1.807) is 25.1 Å². The van der Waals surface area contributed by atoms with Crippen LogP contribution < -0.4 is 11.5 Å². The van der Waals surface area contributed by atoms with Crippen molar-refractivity contribution >= 4 is 40.8 Å². The van der Waals surface area contributed by atoms with Gasteiger partial charge in [-0.1, -0.05) is 23.2 Å². The van der Waals surface area contributed by atoms with Crippen LogP contribution in [0.4, 0.5) is 0 Å². The average molecular weight is 305 g/mol. The topological polar surface area (TPSA) is 114 Å². The highest BCUT2D eigenvalue weighted by Gasteiger charge is 2.04. The zero-order valence-corrected chi connectivity index (χ0v) is 11.9. The van der Waals surface area contributed by atoms with Crippen LogP contribution in [0, 0.1) is 0 Å². The molecule has 6 nitrogen and oxygen atoms in total. The Kier molecular flexibility index (Phi) is 7.55. The van der Waals surface area contributed by atoms with E-state index in [4.69, 9.17) is 44.6 Å². The highest BCUT2D eigenvalue weighted by atomic mass is 35.5. The molecule has 0 aliphatic heterocycles. The minimum atomic E-state index is -0.833. The molecule has 0 fully saturated rings. The Morgan fingerprint density at radius 3 is 2.21 bits per heavy atom. The Balaban J connectivity index is 0.000000711. The third-order valence-corrected chi connectivity index (χ3v) is 2.20. The Morgan fingerprint density at radius 2 is 1.74 bits per heavy atom. The molecule has 0 spiro atoms. The molecule has 0 aromatic heterocycles. The monoisotopic (exact) mass is 304 g/mol.